The molecule has 0 radical (unpaired) electrons. The Labute approximate surface area is 96.4 Å². The molecular formula is C11H21NO4. The molecule has 0 fully saturated rings. The summed E-state index contributed by atoms with van der Waals surface area (Å²) in [6.07, 6.45) is 1.18. The molecule has 0 saturated carbocycles. The van der Waals surface area contributed by atoms with Gasteiger partial charge in [-0.1, -0.05) is 13.8 Å². The van der Waals surface area contributed by atoms with Gasteiger partial charge < -0.3 is 14.7 Å². The summed E-state index contributed by atoms with van der Waals surface area (Å²) >= 11 is 0. The molecule has 0 aliphatic rings. The Balaban J connectivity index is 4.14. The zero-order chi connectivity index (χ0) is 12.6. The molecule has 1 N–H and O–H groups in total. The first-order valence-corrected chi connectivity index (χ1v) is 5.45. The molecule has 0 aliphatic heterocycles. The van der Waals surface area contributed by atoms with E-state index in [0.29, 0.717) is 25.5 Å². The van der Waals surface area contributed by atoms with Crippen molar-refractivity contribution in [2.45, 2.75) is 26.7 Å². The quantitative estimate of drug-likeness (QED) is 0.676. The Morgan fingerprint density at radius 1 is 1.38 bits per heavy atom. The molecule has 0 aromatic rings. The van der Waals surface area contributed by atoms with Crippen molar-refractivity contribution in [2.75, 3.05) is 26.8 Å². The number of carboxylic acids is 1. The summed E-state index contributed by atoms with van der Waals surface area (Å²) in [6, 6.07) is 0. The van der Waals surface area contributed by atoms with E-state index in [1.54, 1.807) is 0 Å². The second kappa shape index (κ2) is 8.10. The molecule has 0 aliphatic carbocycles. The SMILES string of the molecule is COCCN(CC(=O)O)C(=O)CCC(C)C. The highest BCUT2D eigenvalue weighted by molar-refractivity contribution is 5.81. The van der Waals surface area contributed by atoms with E-state index < -0.39 is 5.97 Å². The van der Waals surface area contributed by atoms with Gasteiger partial charge in [0.2, 0.25) is 5.91 Å². The van der Waals surface area contributed by atoms with Crippen LogP contribution in [-0.2, 0) is 14.3 Å². The summed E-state index contributed by atoms with van der Waals surface area (Å²) in [5.74, 6) is -0.666. The van der Waals surface area contributed by atoms with E-state index in [1.807, 2.05) is 13.8 Å². The van der Waals surface area contributed by atoms with E-state index in [-0.39, 0.29) is 12.5 Å². The van der Waals surface area contributed by atoms with Crippen LogP contribution in [0.15, 0.2) is 0 Å². The van der Waals surface area contributed by atoms with Crippen LogP contribution in [0.1, 0.15) is 26.7 Å². The predicted molar refractivity (Wildman–Crippen MR) is 60.2 cm³/mol. The maximum absolute atomic E-state index is 11.7. The molecule has 0 rings (SSSR count). The van der Waals surface area contributed by atoms with E-state index in [9.17, 15) is 9.59 Å². The number of carbonyl (C=O) groups excluding carboxylic acids is 1. The van der Waals surface area contributed by atoms with Crippen LogP contribution >= 0.6 is 0 Å². The maximum atomic E-state index is 11.7. The van der Waals surface area contributed by atoms with Gasteiger partial charge in [0.05, 0.1) is 6.61 Å². The number of carbonyl (C=O) groups is 2. The minimum absolute atomic E-state index is 0.117. The number of rotatable bonds is 8. The Morgan fingerprint density at radius 2 is 2.00 bits per heavy atom. The number of aliphatic carboxylic acids is 1. The average Bonchev–Trinajstić information content (AvgIpc) is 2.20. The van der Waals surface area contributed by atoms with Crippen LogP contribution in [0.25, 0.3) is 0 Å². The zero-order valence-corrected chi connectivity index (χ0v) is 10.2. The van der Waals surface area contributed by atoms with Crippen molar-refractivity contribution in [1.82, 2.24) is 4.90 Å². The molecule has 0 bridgehead atoms. The van der Waals surface area contributed by atoms with Gasteiger partial charge in [-0.05, 0) is 12.3 Å². The van der Waals surface area contributed by atoms with Crippen molar-refractivity contribution in [3.63, 3.8) is 0 Å². The lowest BCUT2D eigenvalue weighted by atomic mass is 10.1. The molecule has 5 heteroatoms. The molecule has 0 atom stereocenters. The number of hydrogen-bond acceptors (Lipinski definition) is 3. The van der Waals surface area contributed by atoms with Crippen molar-refractivity contribution >= 4 is 11.9 Å². The lowest BCUT2D eigenvalue weighted by Crippen LogP contribution is -2.38. The molecule has 0 spiro atoms. The monoisotopic (exact) mass is 231 g/mol. The zero-order valence-electron chi connectivity index (χ0n) is 10.2. The van der Waals surface area contributed by atoms with Crippen LogP contribution in [0.3, 0.4) is 0 Å². The number of methoxy groups -OCH3 is 1. The van der Waals surface area contributed by atoms with Gasteiger partial charge in [0.1, 0.15) is 6.54 Å². The third kappa shape index (κ3) is 7.23. The molecule has 94 valence electrons. The van der Waals surface area contributed by atoms with E-state index >= 15 is 0 Å². The smallest absolute Gasteiger partial charge is 0.323 e. The van der Waals surface area contributed by atoms with Crippen LogP contribution < -0.4 is 0 Å². The average molecular weight is 231 g/mol. The normalized spacial score (nSPS) is 10.5. The first-order chi connectivity index (χ1) is 7.47. The topological polar surface area (TPSA) is 66.8 Å². The Hall–Kier alpha value is -1.10. The number of carboxylic acid groups (broad SMARTS) is 1. The molecule has 5 nitrogen and oxygen atoms in total. The van der Waals surface area contributed by atoms with E-state index in [0.717, 1.165) is 6.42 Å². The van der Waals surface area contributed by atoms with Crippen LogP contribution in [-0.4, -0.2) is 48.7 Å². The van der Waals surface area contributed by atoms with Crippen LogP contribution in [0.4, 0.5) is 0 Å². The van der Waals surface area contributed by atoms with Gasteiger partial charge in [0, 0.05) is 20.1 Å². The summed E-state index contributed by atoms with van der Waals surface area (Å²) < 4.78 is 4.84. The number of ether oxygens (including phenoxy) is 1. The van der Waals surface area contributed by atoms with Crippen LogP contribution in [0.5, 0.6) is 0 Å². The highest BCUT2D eigenvalue weighted by Gasteiger charge is 2.16. The van der Waals surface area contributed by atoms with Crippen LogP contribution in [0, 0.1) is 5.92 Å². The molecular weight excluding hydrogens is 210 g/mol. The van der Waals surface area contributed by atoms with E-state index in [4.69, 9.17) is 9.84 Å². The molecule has 16 heavy (non-hydrogen) atoms. The predicted octanol–water partition coefficient (Wildman–Crippen LogP) is 0.982. The number of nitrogens with zero attached hydrogens (tertiary/aromatic N) is 1. The van der Waals surface area contributed by atoms with Crippen LogP contribution in [0.2, 0.25) is 0 Å². The van der Waals surface area contributed by atoms with Gasteiger partial charge >= 0.3 is 5.97 Å². The molecule has 0 aromatic heterocycles. The fourth-order valence-electron chi connectivity index (χ4n) is 1.23. The van der Waals surface area contributed by atoms with Crippen molar-refractivity contribution in [3.05, 3.63) is 0 Å². The molecule has 1 amide bonds. The summed E-state index contributed by atoms with van der Waals surface area (Å²) in [5, 5.41) is 8.67. The molecule has 0 saturated heterocycles. The Bertz CT molecular complexity index is 228. The summed E-state index contributed by atoms with van der Waals surface area (Å²) in [7, 11) is 1.53. The third-order valence-corrected chi connectivity index (χ3v) is 2.18. The third-order valence-electron chi connectivity index (χ3n) is 2.18. The highest BCUT2D eigenvalue weighted by Crippen LogP contribution is 2.06. The minimum Gasteiger partial charge on any atom is -0.480 e. The van der Waals surface area contributed by atoms with Gasteiger partial charge in [0.15, 0.2) is 0 Å². The lowest BCUT2D eigenvalue weighted by Gasteiger charge is -2.20. The van der Waals surface area contributed by atoms with Crippen molar-refractivity contribution in [2.24, 2.45) is 5.92 Å². The molecule has 0 unspecified atom stereocenters. The number of hydrogen-bond donors (Lipinski definition) is 1. The summed E-state index contributed by atoms with van der Waals surface area (Å²) in [6.45, 7) is 4.51. The minimum atomic E-state index is -0.992. The lowest BCUT2D eigenvalue weighted by molar-refractivity contribution is -0.145. The molecule has 0 heterocycles. The summed E-state index contributed by atoms with van der Waals surface area (Å²) in [5.41, 5.74) is 0. The van der Waals surface area contributed by atoms with Gasteiger partial charge in [-0.15, -0.1) is 0 Å². The van der Waals surface area contributed by atoms with Gasteiger partial charge in [-0.3, -0.25) is 9.59 Å². The highest BCUT2D eigenvalue weighted by atomic mass is 16.5. The maximum Gasteiger partial charge on any atom is 0.323 e. The fraction of sp³-hybridized carbons (Fsp3) is 0.818. The van der Waals surface area contributed by atoms with Crippen molar-refractivity contribution in [1.29, 1.82) is 0 Å². The fourth-order valence-corrected chi connectivity index (χ4v) is 1.23. The summed E-state index contributed by atoms with van der Waals surface area (Å²) in [4.78, 5) is 23.6. The largest absolute Gasteiger partial charge is 0.480 e. The second-order valence-electron chi connectivity index (χ2n) is 4.13. The van der Waals surface area contributed by atoms with Gasteiger partial charge in [-0.2, -0.15) is 0 Å². The second-order valence-corrected chi connectivity index (χ2v) is 4.13. The Morgan fingerprint density at radius 3 is 2.44 bits per heavy atom. The molecule has 0 aromatic carbocycles. The van der Waals surface area contributed by atoms with Gasteiger partial charge in [0.25, 0.3) is 0 Å². The first kappa shape index (κ1) is 14.9. The standard InChI is InChI=1S/C11H21NO4/c1-9(2)4-5-10(13)12(6-7-16-3)8-11(14)15/h9H,4-8H2,1-3H3,(H,14,15). The van der Waals surface area contributed by atoms with Crippen molar-refractivity contribution in [3.8, 4) is 0 Å². The van der Waals surface area contributed by atoms with E-state index in [2.05, 4.69) is 0 Å². The van der Waals surface area contributed by atoms with Gasteiger partial charge in [-0.25, -0.2) is 0 Å². The first-order valence-electron chi connectivity index (χ1n) is 5.45. The Kier molecular flexibility index (Phi) is 7.54. The van der Waals surface area contributed by atoms with Crippen molar-refractivity contribution < 1.29 is 19.4 Å². The number of amides is 1. The van der Waals surface area contributed by atoms with E-state index in [1.165, 1.54) is 12.0 Å².